The highest BCUT2D eigenvalue weighted by molar-refractivity contribution is 6.35. The van der Waals surface area contributed by atoms with Crippen LogP contribution in [0.25, 0.3) is 16.7 Å². The number of fused-ring (bicyclic) bond motifs is 1. The summed E-state index contributed by atoms with van der Waals surface area (Å²) in [5.41, 5.74) is 2.83. The van der Waals surface area contributed by atoms with Crippen LogP contribution in [-0.4, -0.2) is 9.55 Å². The number of rotatable bonds is 2. The Balaban J connectivity index is 2.36. The summed E-state index contributed by atoms with van der Waals surface area (Å²) >= 11 is 18.2. The molecule has 1 heterocycles. The summed E-state index contributed by atoms with van der Waals surface area (Å²) in [4.78, 5) is 4.48. The van der Waals surface area contributed by atoms with Crippen molar-refractivity contribution < 1.29 is 0 Å². The average Bonchev–Trinajstić information content (AvgIpc) is 2.84. The van der Waals surface area contributed by atoms with Crippen LogP contribution in [0.5, 0.6) is 0 Å². The van der Waals surface area contributed by atoms with Crippen molar-refractivity contribution in [3.8, 4) is 11.8 Å². The Hall–Kier alpha value is -1.73. The first-order chi connectivity index (χ1) is 10.1. The van der Waals surface area contributed by atoms with E-state index in [0.717, 1.165) is 16.7 Å². The topological polar surface area (TPSA) is 41.6 Å². The van der Waals surface area contributed by atoms with Crippen molar-refractivity contribution in [2.75, 3.05) is 0 Å². The van der Waals surface area contributed by atoms with Gasteiger partial charge >= 0.3 is 0 Å². The zero-order valence-electron chi connectivity index (χ0n) is 10.6. The van der Waals surface area contributed by atoms with Gasteiger partial charge in [0.05, 0.1) is 39.3 Å². The van der Waals surface area contributed by atoms with Crippen LogP contribution >= 0.6 is 34.8 Å². The van der Waals surface area contributed by atoms with Gasteiger partial charge in [0.15, 0.2) is 0 Å². The number of hydrogen-bond acceptors (Lipinski definition) is 2. The molecule has 0 aliphatic rings. The number of halogens is 3. The molecule has 0 spiro atoms. The van der Waals surface area contributed by atoms with Crippen LogP contribution in [-0.2, 0) is 5.88 Å². The first-order valence-corrected chi connectivity index (χ1v) is 7.36. The number of nitriles is 1. The minimum absolute atomic E-state index is 0.232. The molecule has 0 fully saturated rings. The van der Waals surface area contributed by atoms with E-state index in [4.69, 9.17) is 40.1 Å². The number of hydrogen-bond donors (Lipinski definition) is 0. The molecule has 0 atom stereocenters. The third kappa shape index (κ3) is 2.47. The van der Waals surface area contributed by atoms with Crippen LogP contribution in [0.2, 0.25) is 10.0 Å². The van der Waals surface area contributed by atoms with E-state index in [2.05, 4.69) is 11.1 Å². The van der Waals surface area contributed by atoms with Gasteiger partial charge < -0.3 is 0 Å². The molecule has 0 saturated heterocycles. The lowest BCUT2D eigenvalue weighted by Gasteiger charge is -2.10. The molecule has 21 heavy (non-hydrogen) atoms. The summed E-state index contributed by atoms with van der Waals surface area (Å²) in [5.74, 6) is 0.890. The fraction of sp³-hybridized carbons (Fsp3) is 0.0667. The number of alkyl halides is 1. The normalized spacial score (nSPS) is 10.8. The van der Waals surface area contributed by atoms with Gasteiger partial charge in [-0.2, -0.15) is 5.26 Å². The summed E-state index contributed by atoms with van der Waals surface area (Å²) in [6.07, 6.45) is 0. The van der Waals surface area contributed by atoms with E-state index in [0.29, 0.717) is 21.4 Å². The van der Waals surface area contributed by atoms with E-state index >= 15 is 0 Å². The van der Waals surface area contributed by atoms with Crippen molar-refractivity contribution in [2.45, 2.75) is 5.88 Å². The van der Waals surface area contributed by atoms with Gasteiger partial charge in [0.2, 0.25) is 0 Å². The highest BCUT2D eigenvalue weighted by atomic mass is 35.5. The maximum atomic E-state index is 9.06. The number of nitrogens with zero attached hydrogens (tertiary/aromatic N) is 3. The third-order valence-electron chi connectivity index (χ3n) is 3.12. The van der Waals surface area contributed by atoms with E-state index in [1.165, 1.54) is 0 Å². The van der Waals surface area contributed by atoms with E-state index < -0.39 is 0 Å². The first kappa shape index (κ1) is 14.2. The Labute approximate surface area is 136 Å². The molecule has 0 aliphatic heterocycles. The molecule has 3 aromatic rings. The van der Waals surface area contributed by atoms with Crippen molar-refractivity contribution >= 4 is 45.8 Å². The fourth-order valence-corrected chi connectivity index (χ4v) is 2.89. The zero-order valence-corrected chi connectivity index (χ0v) is 12.9. The summed E-state index contributed by atoms with van der Waals surface area (Å²) in [6.45, 7) is 0. The monoisotopic (exact) mass is 335 g/mol. The van der Waals surface area contributed by atoms with Crippen molar-refractivity contribution in [1.82, 2.24) is 9.55 Å². The van der Waals surface area contributed by atoms with Gasteiger partial charge in [-0.1, -0.05) is 23.2 Å². The number of imidazole rings is 1. The number of benzene rings is 2. The molecular formula is C15H8Cl3N3. The Morgan fingerprint density at radius 3 is 2.62 bits per heavy atom. The van der Waals surface area contributed by atoms with Crippen molar-refractivity contribution in [3.63, 3.8) is 0 Å². The largest absolute Gasteiger partial charge is 0.294 e. The van der Waals surface area contributed by atoms with Crippen LogP contribution < -0.4 is 0 Å². The molecule has 0 bridgehead atoms. The van der Waals surface area contributed by atoms with Crippen molar-refractivity contribution in [1.29, 1.82) is 5.26 Å². The van der Waals surface area contributed by atoms with Crippen LogP contribution in [0.15, 0.2) is 36.4 Å². The summed E-state index contributed by atoms with van der Waals surface area (Å²) in [6, 6.07) is 12.6. The van der Waals surface area contributed by atoms with Crippen LogP contribution in [0.3, 0.4) is 0 Å². The molecule has 0 N–H and O–H groups in total. The molecule has 104 valence electrons. The van der Waals surface area contributed by atoms with Gasteiger partial charge in [0.1, 0.15) is 5.82 Å². The Kier molecular flexibility index (Phi) is 3.77. The molecule has 3 nitrogen and oxygen atoms in total. The van der Waals surface area contributed by atoms with Gasteiger partial charge in [0.25, 0.3) is 0 Å². The fourth-order valence-electron chi connectivity index (χ4n) is 2.22. The highest BCUT2D eigenvalue weighted by Gasteiger charge is 2.14. The van der Waals surface area contributed by atoms with Gasteiger partial charge in [-0.15, -0.1) is 11.6 Å². The lowest BCUT2D eigenvalue weighted by molar-refractivity contribution is 0.982. The maximum Gasteiger partial charge on any atom is 0.129 e. The predicted molar refractivity (Wildman–Crippen MR) is 85.4 cm³/mol. The van der Waals surface area contributed by atoms with E-state index in [1.807, 2.05) is 4.57 Å². The lowest BCUT2D eigenvalue weighted by atomic mass is 10.2. The van der Waals surface area contributed by atoms with Crippen LogP contribution in [0, 0.1) is 11.3 Å². The quantitative estimate of drug-likeness (QED) is 0.622. The smallest absolute Gasteiger partial charge is 0.129 e. The van der Waals surface area contributed by atoms with Crippen LogP contribution in [0.1, 0.15) is 11.4 Å². The third-order valence-corrected chi connectivity index (χ3v) is 3.90. The second kappa shape index (κ2) is 5.57. The molecule has 3 rings (SSSR count). The SMILES string of the molecule is N#Cc1ccc2nc(CCl)n(-c3ccc(Cl)cc3Cl)c2c1. The summed E-state index contributed by atoms with van der Waals surface area (Å²) in [7, 11) is 0. The predicted octanol–water partition coefficient (Wildman–Crippen LogP) is 4.94. The first-order valence-electron chi connectivity index (χ1n) is 6.07. The lowest BCUT2D eigenvalue weighted by Crippen LogP contribution is -2.00. The molecule has 0 amide bonds. The second-order valence-electron chi connectivity index (χ2n) is 4.41. The Morgan fingerprint density at radius 2 is 1.95 bits per heavy atom. The van der Waals surface area contributed by atoms with Gasteiger partial charge in [-0.3, -0.25) is 4.57 Å². The van der Waals surface area contributed by atoms with Crippen LogP contribution in [0.4, 0.5) is 0 Å². The van der Waals surface area contributed by atoms with E-state index in [1.54, 1.807) is 36.4 Å². The van der Waals surface area contributed by atoms with E-state index in [9.17, 15) is 0 Å². The van der Waals surface area contributed by atoms with Gasteiger partial charge in [-0.25, -0.2) is 4.98 Å². The molecule has 1 aromatic heterocycles. The number of aromatic nitrogens is 2. The summed E-state index contributed by atoms with van der Waals surface area (Å²) < 4.78 is 1.85. The average molecular weight is 337 g/mol. The molecule has 0 saturated carbocycles. The van der Waals surface area contributed by atoms with E-state index in [-0.39, 0.29) is 5.88 Å². The molecule has 0 radical (unpaired) electrons. The standard InChI is InChI=1S/C15H8Cl3N3/c16-7-15-20-12-3-1-9(8-19)5-14(12)21(15)13-4-2-10(17)6-11(13)18/h1-6H,7H2. The molecule has 2 aromatic carbocycles. The maximum absolute atomic E-state index is 9.06. The van der Waals surface area contributed by atoms with Crippen molar-refractivity contribution in [3.05, 3.63) is 57.8 Å². The Morgan fingerprint density at radius 1 is 1.14 bits per heavy atom. The van der Waals surface area contributed by atoms with Gasteiger partial charge in [-0.05, 0) is 36.4 Å². The minimum Gasteiger partial charge on any atom is -0.294 e. The Bertz CT molecular complexity index is 878. The molecule has 6 heteroatoms. The molecular weight excluding hydrogens is 329 g/mol. The van der Waals surface area contributed by atoms with Crippen molar-refractivity contribution in [2.24, 2.45) is 0 Å². The summed E-state index contributed by atoms with van der Waals surface area (Å²) in [5, 5.41) is 10.1. The second-order valence-corrected chi connectivity index (χ2v) is 5.52. The molecule has 0 aliphatic carbocycles. The zero-order chi connectivity index (χ0) is 15.0. The van der Waals surface area contributed by atoms with Gasteiger partial charge in [0, 0.05) is 5.02 Å². The minimum atomic E-state index is 0.232. The molecule has 0 unspecified atom stereocenters. The highest BCUT2D eigenvalue weighted by Crippen LogP contribution is 2.30.